The monoisotopic (exact) mass is 372 g/mol. The van der Waals surface area contributed by atoms with Gasteiger partial charge in [0.2, 0.25) is 0 Å². The summed E-state index contributed by atoms with van der Waals surface area (Å²) >= 11 is 3.44. The van der Waals surface area contributed by atoms with Gasteiger partial charge in [-0.25, -0.2) is 0 Å². The summed E-state index contributed by atoms with van der Waals surface area (Å²) in [7, 11) is 0. The van der Waals surface area contributed by atoms with E-state index in [4.69, 9.17) is 9.47 Å². The summed E-state index contributed by atoms with van der Waals surface area (Å²) in [5, 5.41) is 1.10. The molecule has 1 atom stereocenters. The zero-order valence-corrected chi connectivity index (χ0v) is 15.7. The number of halogens is 1. The van der Waals surface area contributed by atoms with Gasteiger partial charge >= 0.3 is 0 Å². The predicted molar refractivity (Wildman–Crippen MR) is 97.3 cm³/mol. The number of ether oxygens (including phenoxy) is 2. The minimum absolute atomic E-state index is 0.0850. The van der Waals surface area contributed by atoms with Crippen LogP contribution < -0.4 is 0 Å². The van der Waals surface area contributed by atoms with Gasteiger partial charge in [0.05, 0.1) is 0 Å². The number of alkyl halides is 1. The Balaban J connectivity index is 1.74. The molecule has 0 spiro atoms. The predicted octanol–water partition coefficient (Wildman–Crippen LogP) is 5.83. The van der Waals surface area contributed by atoms with Gasteiger partial charge in [-0.15, -0.1) is 11.8 Å². The Kier molecular flexibility index (Phi) is 14.4. The molecule has 0 radical (unpaired) electrons. The maximum Gasteiger partial charge on any atom is 0.157 e. The first-order valence-electron chi connectivity index (χ1n) is 9.18. The van der Waals surface area contributed by atoms with Crippen LogP contribution in [0.4, 0.5) is 0 Å². The van der Waals surface area contributed by atoms with Crippen LogP contribution in [-0.2, 0) is 9.47 Å². The molecule has 0 aliphatic carbocycles. The van der Waals surface area contributed by atoms with Crippen LogP contribution in [0.2, 0.25) is 0 Å². The van der Waals surface area contributed by atoms with Crippen molar-refractivity contribution < 1.29 is 9.47 Å². The average molecular weight is 373 g/mol. The van der Waals surface area contributed by atoms with Crippen LogP contribution >= 0.6 is 15.9 Å². The second-order valence-electron chi connectivity index (χ2n) is 6.04. The molecule has 2 nitrogen and oxygen atoms in total. The summed E-state index contributed by atoms with van der Waals surface area (Å²) in [5.41, 5.74) is 0. The lowest BCUT2D eigenvalue weighted by Gasteiger charge is -2.22. The number of rotatable bonds is 12. The molecule has 1 saturated heterocycles. The minimum Gasteiger partial charge on any atom is -0.353 e. The molecule has 1 aliphatic heterocycles. The fraction of sp³-hybridized carbons (Fsp3) is 0.895. The molecule has 0 aromatic heterocycles. The Morgan fingerprint density at radius 1 is 0.864 bits per heavy atom. The summed E-state index contributed by atoms with van der Waals surface area (Å²) < 4.78 is 11.3. The molecule has 1 unspecified atom stereocenters. The van der Waals surface area contributed by atoms with Crippen molar-refractivity contribution >= 4 is 15.9 Å². The highest BCUT2D eigenvalue weighted by Gasteiger charge is 2.13. The molecule has 1 heterocycles. The van der Waals surface area contributed by atoms with Gasteiger partial charge in [-0.3, -0.25) is 0 Å². The molecule has 128 valence electrons. The number of hydrogen-bond acceptors (Lipinski definition) is 2. The lowest BCUT2D eigenvalue weighted by Crippen LogP contribution is -2.22. The second kappa shape index (κ2) is 15.8. The molecule has 1 aliphatic rings. The zero-order valence-electron chi connectivity index (χ0n) is 14.1. The van der Waals surface area contributed by atoms with Crippen molar-refractivity contribution in [2.75, 3.05) is 18.5 Å². The molecule has 3 heteroatoms. The first-order chi connectivity index (χ1) is 10.9. The van der Waals surface area contributed by atoms with Gasteiger partial charge in [0.25, 0.3) is 0 Å². The Hall–Kier alpha value is -0.0400. The van der Waals surface area contributed by atoms with Crippen LogP contribution in [0, 0.1) is 11.8 Å². The summed E-state index contributed by atoms with van der Waals surface area (Å²) in [6, 6.07) is 0. The minimum atomic E-state index is 0.0850. The van der Waals surface area contributed by atoms with Crippen LogP contribution in [0.25, 0.3) is 0 Å². The Labute approximate surface area is 145 Å². The van der Waals surface area contributed by atoms with Crippen molar-refractivity contribution in [2.45, 2.75) is 89.8 Å². The highest BCUT2D eigenvalue weighted by atomic mass is 79.9. The molecule has 0 aromatic carbocycles. The lowest BCUT2D eigenvalue weighted by atomic mass is 10.1. The van der Waals surface area contributed by atoms with E-state index in [0.29, 0.717) is 0 Å². The van der Waals surface area contributed by atoms with Gasteiger partial charge < -0.3 is 9.47 Å². The SMILES string of the molecule is BrCCCCC#CCCCCCCCCOC1CCCCO1. The number of unbranched alkanes of at least 4 members (excludes halogenated alkanes) is 8. The van der Waals surface area contributed by atoms with Crippen LogP contribution in [0.15, 0.2) is 0 Å². The van der Waals surface area contributed by atoms with E-state index in [9.17, 15) is 0 Å². The van der Waals surface area contributed by atoms with Crippen LogP contribution in [0.1, 0.15) is 83.5 Å². The van der Waals surface area contributed by atoms with Crippen molar-refractivity contribution in [1.29, 1.82) is 0 Å². The standard InChI is InChI=1S/C19H33BrO2/c20-16-12-9-7-5-3-1-2-4-6-8-10-13-17-21-19-15-11-14-18-22-19/h19H,1-2,4,6-18H2. The first kappa shape index (κ1) is 20.0. The van der Waals surface area contributed by atoms with E-state index < -0.39 is 0 Å². The van der Waals surface area contributed by atoms with Gasteiger partial charge in [-0.2, -0.15) is 0 Å². The third-order valence-electron chi connectivity index (χ3n) is 3.95. The van der Waals surface area contributed by atoms with E-state index in [1.807, 2.05) is 0 Å². The second-order valence-corrected chi connectivity index (χ2v) is 6.83. The molecule has 1 fully saturated rings. The molecule has 0 bridgehead atoms. The maximum atomic E-state index is 5.74. The summed E-state index contributed by atoms with van der Waals surface area (Å²) in [4.78, 5) is 0. The highest BCUT2D eigenvalue weighted by molar-refractivity contribution is 9.09. The van der Waals surface area contributed by atoms with Gasteiger partial charge in [0, 0.05) is 31.4 Å². The third-order valence-corrected chi connectivity index (χ3v) is 4.51. The fourth-order valence-electron chi connectivity index (χ4n) is 2.56. The van der Waals surface area contributed by atoms with E-state index in [-0.39, 0.29) is 6.29 Å². The normalized spacial score (nSPS) is 18.0. The maximum absolute atomic E-state index is 5.74. The molecule has 0 N–H and O–H groups in total. The van der Waals surface area contributed by atoms with E-state index in [1.54, 1.807) is 0 Å². The summed E-state index contributed by atoms with van der Waals surface area (Å²) in [6.45, 7) is 1.74. The third kappa shape index (κ3) is 12.5. The van der Waals surface area contributed by atoms with Gasteiger partial charge in [0.1, 0.15) is 0 Å². The van der Waals surface area contributed by atoms with Crippen molar-refractivity contribution in [1.82, 2.24) is 0 Å². The van der Waals surface area contributed by atoms with E-state index in [0.717, 1.165) is 37.8 Å². The highest BCUT2D eigenvalue weighted by Crippen LogP contribution is 2.14. The Bertz CT molecular complexity index is 290. The van der Waals surface area contributed by atoms with Crippen LogP contribution in [-0.4, -0.2) is 24.8 Å². The van der Waals surface area contributed by atoms with Crippen LogP contribution in [0.3, 0.4) is 0 Å². The molecule has 0 aromatic rings. The fourth-order valence-corrected chi connectivity index (χ4v) is 2.96. The van der Waals surface area contributed by atoms with Crippen LogP contribution in [0.5, 0.6) is 0 Å². The quantitative estimate of drug-likeness (QED) is 0.243. The average Bonchev–Trinajstić information content (AvgIpc) is 2.56. The topological polar surface area (TPSA) is 18.5 Å². The van der Waals surface area contributed by atoms with E-state index >= 15 is 0 Å². The Morgan fingerprint density at radius 2 is 1.55 bits per heavy atom. The zero-order chi connectivity index (χ0) is 15.7. The molecule has 22 heavy (non-hydrogen) atoms. The molecular formula is C19H33BrO2. The van der Waals surface area contributed by atoms with Crippen molar-refractivity contribution in [3.63, 3.8) is 0 Å². The van der Waals surface area contributed by atoms with Gasteiger partial charge in [-0.05, 0) is 44.9 Å². The summed E-state index contributed by atoms with van der Waals surface area (Å²) in [6.07, 6.45) is 15.9. The van der Waals surface area contributed by atoms with E-state index in [2.05, 4.69) is 27.8 Å². The van der Waals surface area contributed by atoms with E-state index in [1.165, 1.54) is 64.2 Å². The molecule has 1 rings (SSSR count). The van der Waals surface area contributed by atoms with Crippen molar-refractivity contribution in [2.24, 2.45) is 0 Å². The van der Waals surface area contributed by atoms with Crippen molar-refractivity contribution in [3.8, 4) is 11.8 Å². The van der Waals surface area contributed by atoms with Gasteiger partial charge in [-0.1, -0.05) is 41.6 Å². The summed E-state index contributed by atoms with van der Waals surface area (Å²) in [5.74, 6) is 6.56. The number of hydrogen-bond donors (Lipinski definition) is 0. The first-order valence-corrected chi connectivity index (χ1v) is 10.3. The van der Waals surface area contributed by atoms with Gasteiger partial charge in [0.15, 0.2) is 6.29 Å². The largest absolute Gasteiger partial charge is 0.353 e. The van der Waals surface area contributed by atoms with Crippen molar-refractivity contribution in [3.05, 3.63) is 0 Å². The lowest BCUT2D eigenvalue weighted by molar-refractivity contribution is -0.162. The molecular weight excluding hydrogens is 340 g/mol. The smallest absolute Gasteiger partial charge is 0.157 e. The Morgan fingerprint density at radius 3 is 2.23 bits per heavy atom. The molecule has 0 amide bonds. The molecule has 0 saturated carbocycles.